The number of nitrogens with one attached hydrogen (secondary N) is 1. The van der Waals surface area contributed by atoms with Gasteiger partial charge in [-0.1, -0.05) is 22.9 Å². The van der Waals surface area contributed by atoms with Gasteiger partial charge in [-0.25, -0.2) is 4.39 Å². The quantitative estimate of drug-likeness (QED) is 0.898. The maximum absolute atomic E-state index is 13.4. The van der Waals surface area contributed by atoms with E-state index in [0.29, 0.717) is 6.04 Å². The van der Waals surface area contributed by atoms with Gasteiger partial charge in [0.1, 0.15) is 5.82 Å². The van der Waals surface area contributed by atoms with E-state index in [1.165, 1.54) is 12.5 Å². The molecule has 1 unspecified atom stereocenters. The van der Waals surface area contributed by atoms with E-state index in [0.717, 1.165) is 42.6 Å². The van der Waals surface area contributed by atoms with Crippen LogP contribution >= 0.6 is 15.9 Å². The maximum Gasteiger partial charge on any atom is 0.124 e. The number of nitrogens with zero attached hydrogens (tertiary/aromatic N) is 1. The van der Waals surface area contributed by atoms with Crippen molar-refractivity contribution in [2.75, 3.05) is 19.6 Å². The van der Waals surface area contributed by atoms with Gasteiger partial charge in [0.05, 0.1) is 0 Å². The molecular weight excluding hydrogens is 295 g/mol. The van der Waals surface area contributed by atoms with Crippen LogP contribution in [-0.4, -0.2) is 30.6 Å². The van der Waals surface area contributed by atoms with Crippen molar-refractivity contribution in [1.82, 2.24) is 10.2 Å². The van der Waals surface area contributed by atoms with Crippen molar-refractivity contribution in [1.29, 1.82) is 0 Å². The van der Waals surface area contributed by atoms with Crippen LogP contribution in [0.15, 0.2) is 22.7 Å². The summed E-state index contributed by atoms with van der Waals surface area (Å²) >= 11 is 3.35. The lowest BCUT2D eigenvalue weighted by Gasteiger charge is -2.28. The van der Waals surface area contributed by atoms with Gasteiger partial charge < -0.3 is 5.32 Å². The maximum atomic E-state index is 13.4. The van der Waals surface area contributed by atoms with Gasteiger partial charge in [-0.05, 0) is 49.7 Å². The fraction of sp³-hybridized carbons (Fsp3) is 0.571. The third-order valence-corrected chi connectivity index (χ3v) is 3.83. The van der Waals surface area contributed by atoms with Crippen LogP contribution < -0.4 is 5.32 Å². The smallest absolute Gasteiger partial charge is 0.124 e. The van der Waals surface area contributed by atoms with Crippen molar-refractivity contribution in [3.05, 3.63) is 34.1 Å². The molecule has 0 bridgehead atoms. The largest absolute Gasteiger partial charge is 0.315 e. The zero-order valence-corrected chi connectivity index (χ0v) is 12.3. The molecule has 4 heteroatoms. The minimum absolute atomic E-state index is 0.166. The molecule has 1 atom stereocenters. The number of rotatable bonds is 5. The Morgan fingerprint density at radius 1 is 1.44 bits per heavy atom. The van der Waals surface area contributed by atoms with Crippen molar-refractivity contribution in [3.8, 4) is 0 Å². The highest BCUT2D eigenvalue weighted by molar-refractivity contribution is 9.10. The molecule has 1 saturated heterocycles. The average molecular weight is 315 g/mol. The van der Waals surface area contributed by atoms with Gasteiger partial charge in [0.15, 0.2) is 0 Å². The summed E-state index contributed by atoms with van der Waals surface area (Å²) in [6.45, 7) is 6.24. The van der Waals surface area contributed by atoms with Crippen molar-refractivity contribution in [3.63, 3.8) is 0 Å². The minimum atomic E-state index is -0.166. The third kappa shape index (κ3) is 3.77. The molecule has 2 nitrogen and oxygen atoms in total. The van der Waals surface area contributed by atoms with Crippen molar-refractivity contribution >= 4 is 15.9 Å². The van der Waals surface area contributed by atoms with E-state index >= 15 is 0 Å². The molecule has 0 saturated carbocycles. The molecular formula is C14H20BrFN2. The number of hydrogen-bond donors (Lipinski definition) is 1. The monoisotopic (exact) mass is 314 g/mol. The number of benzene rings is 1. The van der Waals surface area contributed by atoms with Gasteiger partial charge in [0, 0.05) is 23.6 Å². The van der Waals surface area contributed by atoms with Gasteiger partial charge >= 0.3 is 0 Å². The molecule has 1 aromatic carbocycles. The summed E-state index contributed by atoms with van der Waals surface area (Å²) in [5.74, 6) is -0.166. The molecule has 0 radical (unpaired) electrons. The molecule has 0 aliphatic carbocycles. The minimum Gasteiger partial charge on any atom is -0.315 e. The van der Waals surface area contributed by atoms with E-state index in [2.05, 4.69) is 33.1 Å². The Labute approximate surface area is 117 Å². The fourth-order valence-corrected chi connectivity index (χ4v) is 3.08. The zero-order chi connectivity index (χ0) is 13.0. The Morgan fingerprint density at radius 3 is 2.89 bits per heavy atom. The molecule has 100 valence electrons. The molecule has 1 N–H and O–H groups in total. The van der Waals surface area contributed by atoms with E-state index in [9.17, 15) is 4.39 Å². The summed E-state index contributed by atoms with van der Waals surface area (Å²) in [7, 11) is 0. The Balaban J connectivity index is 2.07. The standard InChI is InChI=1S/C14H20BrFN2/c1-2-5-18(14-3-4-17-9-14)10-11-6-12(15)8-13(16)7-11/h6-8,14,17H,2-5,9-10H2,1H3. The van der Waals surface area contributed by atoms with Crippen molar-refractivity contribution in [2.45, 2.75) is 32.4 Å². The van der Waals surface area contributed by atoms with E-state index in [1.807, 2.05) is 6.07 Å². The summed E-state index contributed by atoms with van der Waals surface area (Å²) < 4.78 is 14.2. The SMILES string of the molecule is CCCN(Cc1cc(F)cc(Br)c1)C1CCNC1. The van der Waals surface area contributed by atoms with Crippen molar-refractivity contribution < 1.29 is 4.39 Å². The Bertz CT molecular complexity index is 371. The molecule has 0 spiro atoms. The van der Waals surface area contributed by atoms with Crippen LogP contribution in [0.2, 0.25) is 0 Å². The first-order valence-electron chi connectivity index (χ1n) is 6.58. The van der Waals surface area contributed by atoms with Gasteiger partial charge in [-0.2, -0.15) is 0 Å². The summed E-state index contributed by atoms with van der Waals surface area (Å²) in [6.07, 6.45) is 2.32. The third-order valence-electron chi connectivity index (χ3n) is 3.37. The molecule has 0 amide bonds. The lowest BCUT2D eigenvalue weighted by Crippen LogP contribution is -2.36. The van der Waals surface area contributed by atoms with E-state index in [4.69, 9.17) is 0 Å². The van der Waals surface area contributed by atoms with Crippen LogP contribution in [0, 0.1) is 5.82 Å². The number of halogens is 2. The predicted octanol–water partition coefficient (Wildman–Crippen LogP) is 3.16. The topological polar surface area (TPSA) is 15.3 Å². The molecule has 0 aromatic heterocycles. The molecule has 1 aromatic rings. The van der Waals surface area contributed by atoms with Crippen LogP contribution in [0.3, 0.4) is 0 Å². The average Bonchev–Trinajstić information content (AvgIpc) is 2.80. The highest BCUT2D eigenvalue weighted by atomic mass is 79.9. The van der Waals surface area contributed by atoms with E-state index < -0.39 is 0 Å². The Kier molecular flexibility index (Phi) is 5.15. The molecule has 1 fully saturated rings. The summed E-state index contributed by atoms with van der Waals surface area (Å²) in [5, 5.41) is 3.39. The lowest BCUT2D eigenvalue weighted by atomic mass is 10.1. The van der Waals surface area contributed by atoms with Crippen LogP contribution in [0.4, 0.5) is 4.39 Å². The highest BCUT2D eigenvalue weighted by Crippen LogP contribution is 2.19. The van der Waals surface area contributed by atoms with Gasteiger partial charge in [0.25, 0.3) is 0 Å². The summed E-state index contributed by atoms with van der Waals surface area (Å²) in [5.41, 5.74) is 1.04. The second kappa shape index (κ2) is 6.64. The normalized spacial score (nSPS) is 19.7. The molecule has 1 aliphatic heterocycles. The van der Waals surface area contributed by atoms with Crippen LogP contribution in [-0.2, 0) is 6.54 Å². The van der Waals surface area contributed by atoms with Gasteiger partial charge in [-0.3, -0.25) is 4.90 Å². The van der Waals surface area contributed by atoms with Crippen LogP contribution in [0.5, 0.6) is 0 Å². The van der Waals surface area contributed by atoms with E-state index in [1.54, 1.807) is 6.07 Å². The molecule has 18 heavy (non-hydrogen) atoms. The molecule has 2 rings (SSSR count). The predicted molar refractivity (Wildman–Crippen MR) is 76.1 cm³/mol. The number of hydrogen-bond acceptors (Lipinski definition) is 2. The first kappa shape index (κ1) is 14.0. The first-order chi connectivity index (χ1) is 8.69. The van der Waals surface area contributed by atoms with Crippen molar-refractivity contribution in [2.24, 2.45) is 0 Å². The second-order valence-corrected chi connectivity index (χ2v) is 5.81. The van der Waals surface area contributed by atoms with E-state index in [-0.39, 0.29) is 5.82 Å². The zero-order valence-electron chi connectivity index (χ0n) is 10.8. The Morgan fingerprint density at radius 2 is 2.28 bits per heavy atom. The first-order valence-corrected chi connectivity index (χ1v) is 7.38. The highest BCUT2D eigenvalue weighted by Gasteiger charge is 2.21. The van der Waals surface area contributed by atoms with Gasteiger partial charge in [-0.15, -0.1) is 0 Å². The molecule has 1 aliphatic rings. The van der Waals surface area contributed by atoms with Gasteiger partial charge in [0.2, 0.25) is 0 Å². The fourth-order valence-electron chi connectivity index (χ4n) is 2.57. The summed E-state index contributed by atoms with van der Waals surface area (Å²) in [4.78, 5) is 2.46. The molecule has 1 heterocycles. The second-order valence-electron chi connectivity index (χ2n) is 4.89. The van der Waals surface area contributed by atoms with Crippen LogP contribution in [0.25, 0.3) is 0 Å². The van der Waals surface area contributed by atoms with Crippen LogP contribution in [0.1, 0.15) is 25.3 Å². The Hall–Kier alpha value is -0.450. The summed E-state index contributed by atoms with van der Waals surface area (Å²) in [6, 6.07) is 5.74. The lowest BCUT2D eigenvalue weighted by molar-refractivity contribution is 0.199.